The molecule has 0 spiro atoms. The largest absolute Gasteiger partial charge is 0.395 e. The van der Waals surface area contributed by atoms with Crippen molar-refractivity contribution in [3.05, 3.63) is 0 Å². The van der Waals surface area contributed by atoms with Crippen LogP contribution in [0.4, 0.5) is 0 Å². The van der Waals surface area contributed by atoms with E-state index in [1.807, 2.05) is 0 Å². The molecule has 0 aliphatic rings. The van der Waals surface area contributed by atoms with E-state index < -0.39 is 0 Å². The quantitative estimate of drug-likeness (QED) is 0.614. The zero-order valence-electron chi connectivity index (χ0n) is 8.45. The molecular weight excluding hydrogens is 152 g/mol. The monoisotopic (exact) mass is 174 g/mol. The van der Waals surface area contributed by atoms with Gasteiger partial charge in [-0.05, 0) is 26.8 Å². The lowest BCUT2D eigenvalue weighted by Gasteiger charge is -2.28. The molecule has 0 aromatic rings. The third-order valence-electron chi connectivity index (χ3n) is 1.94. The highest BCUT2D eigenvalue weighted by Crippen LogP contribution is 2.00. The van der Waals surface area contributed by atoms with Crippen molar-refractivity contribution in [1.82, 2.24) is 4.90 Å². The molecule has 0 saturated heterocycles. The van der Waals surface area contributed by atoms with Gasteiger partial charge in [-0.25, -0.2) is 0 Å². The fraction of sp³-hybridized carbons (Fsp3) is 1.00. The first-order chi connectivity index (χ1) is 5.61. The first-order valence-electron chi connectivity index (χ1n) is 4.72. The maximum absolute atomic E-state index is 8.78. The molecule has 0 heterocycles. The average Bonchev–Trinajstić information content (AvgIpc) is 2.03. The topological polar surface area (TPSA) is 49.5 Å². The average molecular weight is 174 g/mol. The summed E-state index contributed by atoms with van der Waals surface area (Å²) in [5.74, 6) is 0. The van der Waals surface area contributed by atoms with E-state index in [-0.39, 0.29) is 12.6 Å². The Bertz CT molecular complexity index is 107. The van der Waals surface area contributed by atoms with E-state index in [1.54, 1.807) is 0 Å². The Morgan fingerprint density at radius 1 is 1.42 bits per heavy atom. The minimum Gasteiger partial charge on any atom is -0.395 e. The Hall–Kier alpha value is -0.120. The summed E-state index contributed by atoms with van der Waals surface area (Å²) in [5.41, 5.74) is 5.65. The summed E-state index contributed by atoms with van der Waals surface area (Å²) in [6.07, 6.45) is 1.14. The third-order valence-corrected chi connectivity index (χ3v) is 1.94. The molecule has 3 nitrogen and oxygen atoms in total. The molecule has 0 bridgehead atoms. The van der Waals surface area contributed by atoms with Crippen LogP contribution in [-0.4, -0.2) is 41.8 Å². The van der Waals surface area contributed by atoms with E-state index in [0.29, 0.717) is 6.04 Å². The van der Waals surface area contributed by atoms with Gasteiger partial charge in [-0.1, -0.05) is 6.92 Å². The fourth-order valence-corrected chi connectivity index (χ4v) is 1.21. The van der Waals surface area contributed by atoms with Crippen molar-refractivity contribution in [3.8, 4) is 0 Å². The van der Waals surface area contributed by atoms with Gasteiger partial charge < -0.3 is 10.8 Å². The molecule has 12 heavy (non-hydrogen) atoms. The van der Waals surface area contributed by atoms with Crippen molar-refractivity contribution in [3.63, 3.8) is 0 Å². The van der Waals surface area contributed by atoms with Crippen molar-refractivity contribution in [2.24, 2.45) is 5.73 Å². The van der Waals surface area contributed by atoms with Gasteiger partial charge >= 0.3 is 0 Å². The summed E-state index contributed by atoms with van der Waals surface area (Å²) >= 11 is 0. The lowest BCUT2D eigenvalue weighted by atomic mass is 10.2. The summed E-state index contributed by atoms with van der Waals surface area (Å²) in [6.45, 7) is 8.39. The molecule has 0 aromatic carbocycles. The minimum atomic E-state index is -0.0982. The van der Waals surface area contributed by atoms with Crippen molar-refractivity contribution >= 4 is 0 Å². The molecule has 0 aliphatic carbocycles. The maximum atomic E-state index is 8.78. The number of hydrogen-bond donors (Lipinski definition) is 2. The summed E-state index contributed by atoms with van der Waals surface area (Å²) < 4.78 is 0. The Labute approximate surface area is 75.6 Å². The minimum absolute atomic E-state index is 0.0763. The van der Waals surface area contributed by atoms with Crippen molar-refractivity contribution in [2.45, 2.75) is 39.3 Å². The van der Waals surface area contributed by atoms with Crippen molar-refractivity contribution in [2.75, 3.05) is 19.7 Å². The molecule has 0 radical (unpaired) electrons. The zero-order chi connectivity index (χ0) is 9.56. The predicted octanol–water partition coefficient (Wildman–Crippen LogP) is 0.426. The highest BCUT2D eigenvalue weighted by molar-refractivity contribution is 4.69. The van der Waals surface area contributed by atoms with Crippen LogP contribution < -0.4 is 5.73 Å². The molecule has 3 heteroatoms. The normalized spacial score (nSPS) is 14.2. The van der Waals surface area contributed by atoms with Gasteiger partial charge in [-0.3, -0.25) is 4.90 Å². The van der Waals surface area contributed by atoms with Crippen LogP contribution in [0.5, 0.6) is 0 Å². The molecule has 0 saturated carbocycles. The van der Waals surface area contributed by atoms with Gasteiger partial charge in [0.15, 0.2) is 0 Å². The number of rotatable bonds is 6. The van der Waals surface area contributed by atoms with E-state index in [2.05, 4.69) is 25.7 Å². The number of aliphatic hydroxyl groups is 1. The Balaban J connectivity index is 3.77. The van der Waals surface area contributed by atoms with E-state index >= 15 is 0 Å². The molecule has 0 rings (SSSR count). The molecule has 3 N–H and O–H groups in total. The summed E-state index contributed by atoms with van der Waals surface area (Å²) in [5, 5.41) is 8.78. The third kappa shape index (κ3) is 4.70. The van der Waals surface area contributed by atoms with Crippen LogP contribution in [0, 0.1) is 0 Å². The first kappa shape index (κ1) is 11.9. The Morgan fingerprint density at radius 3 is 2.33 bits per heavy atom. The van der Waals surface area contributed by atoms with E-state index in [0.717, 1.165) is 19.5 Å². The number of nitrogens with two attached hydrogens (primary N) is 1. The maximum Gasteiger partial charge on any atom is 0.0595 e. The molecule has 1 atom stereocenters. The van der Waals surface area contributed by atoms with E-state index in [9.17, 15) is 0 Å². The van der Waals surface area contributed by atoms with E-state index in [1.165, 1.54) is 0 Å². The number of aliphatic hydroxyl groups excluding tert-OH is 1. The Morgan fingerprint density at radius 2 is 2.00 bits per heavy atom. The standard InChI is InChI=1S/C9H22N2O/c1-4-5-11(8(2)3)6-9(10)7-12/h8-9,12H,4-7,10H2,1-3H3/t9-/m0/s1. The zero-order valence-corrected chi connectivity index (χ0v) is 8.45. The van der Waals surface area contributed by atoms with Crippen molar-refractivity contribution < 1.29 is 5.11 Å². The van der Waals surface area contributed by atoms with Crippen LogP contribution in [0.1, 0.15) is 27.2 Å². The highest BCUT2D eigenvalue weighted by atomic mass is 16.3. The van der Waals surface area contributed by atoms with Gasteiger partial charge in [0.1, 0.15) is 0 Å². The molecule has 74 valence electrons. The Kier molecular flexibility index (Phi) is 6.34. The molecule has 0 fully saturated rings. The van der Waals surface area contributed by atoms with Crippen LogP contribution in [0.2, 0.25) is 0 Å². The molecule has 0 unspecified atom stereocenters. The van der Waals surface area contributed by atoms with Crippen LogP contribution in [-0.2, 0) is 0 Å². The summed E-state index contributed by atoms with van der Waals surface area (Å²) in [7, 11) is 0. The first-order valence-corrected chi connectivity index (χ1v) is 4.72. The second-order valence-electron chi connectivity index (χ2n) is 3.53. The van der Waals surface area contributed by atoms with Crippen LogP contribution in [0.3, 0.4) is 0 Å². The molecular formula is C9H22N2O. The van der Waals surface area contributed by atoms with Gasteiger partial charge in [-0.15, -0.1) is 0 Å². The second-order valence-corrected chi connectivity index (χ2v) is 3.53. The van der Waals surface area contributed by atoms with Crippen molar-refractivity contribution in [1.29, 1.82) is 0 Å². The fourth-order valence-electron chi connectivity index (χ4n) is 1.21. The smallest absolute Gasteiger partial charge is 0.0595 e. The molecule has 0 aromatic heterocycles. The summed E-state index contributed by atoms with van der Waals surface area (Å²) in [4.78, 5) is 2.29. The van der Waals surface area contributed by atoms with Gasteiger partial charge in [-0.2, -0.15) is 0 Å². The lowest BCUT2D eigenvalue weighted by molar-refractivity contribution is 0.174. The van der Waals surface area contributed by atoms with Crippen LogP contribution in [0.25, 0.3) is 0 Å². The SMILES string of the molecule is CCCN(C[C@H](N)CO)C(C)C. The number of hydrogen-bond acceptors (Lipinski definition) is 3. The second kappa shape index (κ2) is 6.40. The lowest BCUT2D eigenvalue weighted by Crippen LogP contribution is -2.43. The highest BCUT2D eigenvalue weighted by Gasteiger charge is 2.11. The van der Waals surface area contributed by atoms with Gasteiger partial charge in [0, 0.05) is 18.6 Å². The molecule has 0 amide bonds. The van der Waals surface area contributed by atoms with E-state index in [4.69, 9.17) is 10.8 Å². The van der Waals surface area contributed by atoms with Gasteiger partial charge in [0.25, 0.3) is 0 Å². The van der Waals surface area contributed by atoms with Gasteiger partial charge in [0.05, 0.1) is 6.61 Å². The summed E-state index contributed by atoms with van der Waals surface area (Å²) in [6, 6.07) is 0.418. The number of nitrogens with zero attached hydrogens (tertiary/aromatic N) is 1. The van der Waals surface area contributed by atoms with Gasteiger partial charge in [0.2, 0.25) is 0 Å². The molecule has 0 aliphatic heterocycles. The predicted molar refractivity (Wildman–Crippen MR) is 52.1 cm³/mol. The van der Waals surface area contributed by atoms with Crippen LogP contribution >= 0.6 is 0 Å². The van der Waals surface area contributed by atoms with Crippen LogP contribution in [0.15, 0.2) is 0 Å².